The molecule has 0 radical (unpaired) electrons. The molecule has 1 aromatic heterocycles. The van der Waals surface area contributed by atoms with Gasteiger partial charge in [0.2, 0.25) is 0 Å². The Kier molecular flexibility index (Phi) is 7.02. The summed E-state index contributed by atoms with van der Waals surface area (Å²) in [5.74, 6) is 1.30. The van der Waals surface area contributed by atoms with Gasteiger partial charge in [-0.3, -0.25) is 4.98 Å². The summed E-state index contributed by atoms with van der Waals surface area (Å²) in [6.07, 6.45) is 9.93. The van der Waals surface area contributed by atoms with Gasteiger partial charge in [-0.05, 0) is 25.8 Å². The van der Waals surface area contributed by atoms with E-state index in [-0.39, 0.29) is 6.10 Å². The molecule has 1 aromatic rings. The molecule has 0 aliphatic heterocycles. The van der Waals surface area contributed by atoms with Gasteiger partial charge >= 0.3 is 0 Å². The number of halogens is 1. The second-order valence-corrected chi connectivity index (χ2v) is 4.66. The standard InChI is InChI=1S/C14H22ClNO/c1-3-4-5-6-7-12(2)17-14-11-16-9-8-13(14)10-15/h8-9,11-12H,3-7,10H2,1-2H3. The molecule has 1 unspecified atom stereocenters. The average Bonchev–Trinajstić information content (AvgIpc) is 2.35. The van der Waals surface area contributed by atoms with E-state index in [1.807, 2.05) is 6.07 Å². The molecule has 1 heterocycles. The predicted molar refractivity (Wildman–Crippen MR) is 72.6 cm³/mol. The summed E-state index contributed by atoms with van der Waals surface area (Å²) in [5, 5.41) is 0. The van der Waals surface area contributed by atoms with Gasteiger partial charge in [-0.25, -0.2) is 0 Å². The highest BCUT2D eigenvalue weighted by molar-refractivity contribution is 6.17. The fourth-order valence-corrected chi connectivity index (χ4v) is 1.98. The van der Waals surface area contributed by atoms with Gasteiger partial charge in [-0.2, -0.15) is 0 Å². The summed E-state index contributed by atoms with van der Waals surface area (Å²) in [6, 6.07) is 1.91. The van der Waals surface area contributed by atoms with Gasteiger partial charge in [0.15, 0.2) is 0 Å². The third-order valence-electron chi connectivity index (χ3n) is 2.81. The average molecular weight is 256 g/mol. The van der Waals surface area contributed by atoms with Crippen LogP contribution >= 0.6 is 11.6 Å². The third-order valence-corrected chi connectivity index (χ3v) is 3.09. The van der Waals surface area contributed by atoms with E-state index < -0.39 is 0 Å². The Hall–Kier alpha value is -0.760. The first-order valence-electron chi connectivity index (χ1n) is 6.43. The van der Waals surface area contributed by atoms with E-state index in [2.05, 4.69) is 18.8 Å². The van der Waals surface area contributed by atoms with E-state index in [1.54, 1.807) is 12.4 Å². The molecule has 0 aliphatic rings. The number of hydrogen-bond acceptors (Lipinski definition) is 2. The first-order chi connectivity index (χ1) is 8.27. The maximum Gasteiger partial charge on any atom is 0.142 e. The molecule has 1 rings (SSSR count). The maximum atomic E-state index is 5.87. The Morgan fingerprint density at radius 3 is 2.88 bits per heavy atom. The van der Waals surface area contributed by atoms with E-state index in [0.29, 0.717) is 5.88 Å². The van der Waals surface area contributed by atoms with Crippen LogP contribution in [0.1, 0.15) is 51.5 Å². The van der Waals surface area contributed by atoms with Crippen LogP contribution in [-0.4, -0.2) is 11.1 Å². The molecule has 0 spiro atoms. The van der Waals surface area contributed by atoms with E-state index >= 15 is 0 Å². The Bertz CT molecular complexity index is 317. The van der Waals surface area contributed by atoms with Crippen molar-refractivity contribution in [1.29, 1.82) is 0 Å². The predicted octanol–water partition coefficient (Wildman–Crippen LogP) is 4.56. The Morgan fingerprint density at radius 1 is 1.35 bits per heavy atom. The molecule has 96 valence electrons. The van der Waals surface area contributed by atoms with Crippen LogP contribution in [0.2, 0.25) is 0 Å². The number of aromatic nitrogens is 1. The topological polar surface area (TPSA) is 22.1 Å². The van der Waals surface area contributed by atoms with Crippen LogP contribution in [0.4, 0.5) is 0 Å². The van der Waals surface area contributed by atoms with Gasteiger partial charge in [-0.15, -0.1) is 11.6 Å². The Morgan fingerprint density at radius 2 is 2.18 bits per heavy atom. The van der Waals surface area contributed by atoms with E-state index in [0.717, 1.165) is 17.7 Å². The highest BCUT2D eigenvalue weighted by atomic mass is 35.5. The van der Waals surface area contributed by atoms with Crippen LogP contribution in [0.3, 0.4) is 0 Å². The van der Waals surface area contributed by atoms with Gasteiger partial charge in [-0.1, -0.05) is 26.2 Å². The Balaban J connectivity index is 2.36. The van der Waals surface area contributed by atoms with Crippen molar-refractivity contribution in [2.45, 2.75) is 57.9 Å². The largest absolute Gasteiger partial charge is 0.489 e. The Labute approximate surface area is 109 Å². The smallest absolute Gasteiger partial charge is 0.142 e. The lowest BCUT2D eigenvalue weighted by Gasteiger charge is -2.16. The normalized spacial score (nSPS) is 12.4. The van der Waals surface area contributed by atoms with E-state index in [9.17, 15) is 0 Å². The first-order valence-corrected chi connectivity index (χ1v) is 6.96. The molecular weight excluding hydrogens is 234 g/mol. The number of ether oxygens (including phenoxy) is 1. The van der Waals surface area contributed by atoms with Crippen LogP contribution in [0.25, 0.3) is 0 Å². The van der Waals surface area contributed by atoms with Crippen molar-refractivity contribution in [1.82, 2.24) is 4.98 Å². The monoisotopic (exact) mass is 255 g/mol. The SMILES string of the molecule is CCCCCCC(C)Oc1cnccc1CCl. The number of hydrogen-bond donors (Lipinski definition) is 0. The zero-order valence-corrected chi connectivity index (χ0v) is 11.5. The molecule has 1 atom stereocenters. The van der Waals surface area contributed by atoms with Crippen LogP contribution in [0, 0.1) is 0 Å². The number of unbranched alkanes of at least 4 members (excludes halogenated alkanes) is 3. The number of nitrogens with zero attached hydrogens (tertiary/aromatic N) is 1. The lowest BCUT2D eigenvalue weighted by atomic mass is 10.1. The fraction of sp³-hybridized carbons (Fsp3) is 0.643. The summed E-state index contributed by atoms with van der Waals surface area (Å²) in [6.45, 7) is 4.33. The van der Waals surface area contributed by atoms with Gasteiger partial charge in [0.05, 0.1) is 18.2 Å². The van der Waals surface area contributed by atoms with Gasteiger partial charge in [0.25, 0.3) is 0 Å². The molecule has 0 amide bonds. The molecule has 0 bridgehead atoms. The van der Waals surface area contributed by atoms with Crippen molar-refractivity contribution < 1.29 is 4.74 Å². The van der Waals surface area contributed by atoms with Crippen LogP contribution in [0.15, 0.2) is 18.5 Å². The van der Waals surface area contributed by atoms with Gasteiger partial charge in [0, 0.05) is 11.8 Å². The molecule has 0 N–H and O–H groups in total. The van der Waals surface area contributed by atoms with E-state index in [1.165, 1.54) is 25.7 Å². The lowest BCUT2D eigenvalue weighted by Crippen LogP contribution is -2.12. The number of pyridine rings is 1. The number of rotatable bonds is 8. The third kappa shape index (κ3) is 5.40. The first kappa shape index (κ1) is 14.3. The lowest BCUT2D eigenvalue weighted by molar-refractivity contribution is 0.204. The second-order valence-electron chi connectivity index (χ2n) is 4.39. The van der Waals surface area contributed by atoms with Crippen molar-refractivity contribution in [3.8, 4) is 5.75 Å². The quantitative estimate of drug-likeness (QED) is 0.502. The minimum absolute atomic E-state index is 0.234. The molecule has 0 aliphatic carbocycles. The zero-order valence-electron chi connectivity index (χ0n) is 10.8. The van der Waals surface area contributed by atoms with Crippen LogP contribution < -0.4 is 4.74 Å². The highest BCUT2D eigenvalue weighted by Gasteiger charge is 2.07. The molecule has 0 saturated carbocycles. The summed E-state index contributed by atoms with van der Waals surface area (Å²) < 4.78 is 5.87. The molecule has 3 heteroatoms. The second kappa shape index (κ2) is 8.35. The minimum atomic E-state index is 0.234. The molecule has 0 aromatic carbocycles. The van der Waals surface area contributed by atoms with Crippen molar-refractivity contribution in [3.63, 3.8) is 0 Å². The molecule has 2 nitrogen and oxygen atoms in total. The van der Waals surface area contributed by atoms with E-state index in [4.69, 9.17) is 16.3 Å². The van der Waals surface area contributed by atoms with Crippen LogP contribution in [-0.2, 0) is 5.88 Å². The van der Waals surface area contributed by atoms with Gasteiger partial charge in [0.1, 0.15) is 5.75 Å². The summed E-state index contributed by atoms with van der Waals surface area (Å²) in [4.78, 5) is 4.07. The molecule has 0 saturated heterocycles. The minimum Gasteiger partial charge on any atom is -0.489 e. The summed E-state index contributed by atoms with van der Waals surface area (Å²) in [7, 11) is 0. The van der Waals surface area contributed by atoms with Crippen molar-refractivity contribution >= 4 is 11.6 Å². The molecule has 17 heavy (non-hydrogen) atoms. The summed E-state index contributed by atoms with van der Waals surface area (Å²) in [5.41, 5.74) is 1.02. The molecular formula is C14H22ClNO. The summed E-state index contributed by atoms with van der Waals surface area (Å²) >= 11 is 5.85. The fourth-order valence-electron chi connectivity index (χ4n) is 1.76. The van der Waals surface area contributed by atoms with Crippen LogP contribution in [0.5, 0.6) is 5.75 Å². The maximum absolute atomic E-state index is 5.87. The van der Waals surface area contributed by atoms with Gasteiger partial charge < -0.3 is 4.74 Å². The highest BCUT2D eigenvalue weighted by Crippen LogP contribution is 2.21. The van der Waals surface area contributed by atoms with Crippen molar-refractivity contribution in [3.05, 3.63) is 24.0 Å². The van der Waals surface area contributed by atoms with Crippen molar-refractivity contribution in [2.75, 3.05) is 0 Å². The number of alkyl halides is 1. The molecule has 0 fully saturated rings. The van der Waals surface area contributed by atoms with Crippen molar-refractivity contribution in [2.24, 2.45) is 0 Å². The zero-order chi connectivity index (χ0) is 12.5.